The van der Waals surface area contributed by atoms with E-state index in [-0.39, 0.29) is 6.42 Å². The molecular weight excluding hydrogens is 296 g/mol. The van der Waals surface area contributed by atoms with E-state index in [4.69, 9.17) is 15.3 Å². The number of aliphatic hydroxyl groups excluding tert-OH is 2. The van der Waals surface area contributed by atoms with Crippen molar-refractivity contribution >= 4 is 23.7 Å². The highest BCUT2D eigenvalue weighted by molar-refractivity contribution is 6.04. The predicted octanol–water partition coefficient (Wildman–Crippen LogP) is -1.62. The number of amides is 3. The predicted molar refractivity (Wildman–Crippen MR) is 74.5 cm³/mol. The number of nitrogens with one attached hydrogen (secondary N) is 2. The molecule has 1 heterocycles. The molecule has 126 valence electrons. The van der Waals surface area contributed by atoms with Crippen LogP contribution in [0.2, 0.25) is 0 Å². The molecule has 0 aromatic carbocycles. The fourth-order valence-corrected chi connectivity index (χ4v) is 1.29. The fourth-order valence-electron chi connectivity index (χ4n) is 1.29. The molecule has 9 nitrogen and oxygen atoms in total. The van der Waals surface area contributed by atoms with Crippen LogP contribution in [-0.2, 0) is 19.2 Å². The third-order valence-corrected chi connectivity index (χ3v) is 2.66. The first-order valence-corrected chi connectivity index (χ1v) is 6.60. The number of rotatable bonds is 3. The zero-order valence-corrected chi connectivity index (χ0v) is 12.9. The fraction of sp³-hybridized carbons (Fsp3) is 0.692. The molecule has 1 rings (SSSR count). The van der Waals surface area contributed by atoms with Gasteiger partial charge in [0.15, 0.2) is 6.04 Å². The van der Waals surface area contributed by atoms with Gasteiger partial charge in [0.05, 0.1) is 12.5 Å². The maximum atomic E-state index is 11.4. The molecule has 3 unspecified atom stereocenters. The van der Waals surface area contributed by atoms with E-state index in [1.807, 2.05) is 5.32 Å². The maximum absolute atomic E-state index is 11.4. The van der Waals surface area contributed by atoms with Crippen molar-refractivity contribution in [2.75, 3.05) is 0 Å². The number of carbonyl (C=O) groups excluding carboxylic acids is 3. The first-order chi connectivity index (χ1) is 9.86. The zero-order chi connectivity index (χ0) is 17.7. The van der Waals surface area contributed by atoms with E-state index in [2.05, 4.69) is 5.32 Å². The minimum Gasteiger partial charge on any atom is -0.480 e. The molecule has 1 fully saturated rings. The van der Waals surface area contributed by atoms with Crippen molar-refractivity contribution in [3.05, 3.63) is 0 Å². The monoisotopic (exact) mass is 318 g/mol. The van der Waals surface area contributed by atoms with E-state index < -0.39 is 47.4 Å². The van der Waals surface area contributed by atoms with Crippen LogP contribution in [0.5, 0.6) is 0 Å². The summed E-state index contributed by atoms with van der Waals surface area (Å²) < 4.78 is 0. The molecule has 0 bridgehead atoms. The molecule has 0 spiro atoms. The first kappa shape index (κ1) is 20.0. The van der Waals surface area contributed by atoms with Crippen molar-refractivity contribution in [3.8, 4) is 0 Å². The van der Waals surface area contributed by atoms with Crippen LogP contribution in [0.15, 0.2) is 0 Å². The molecule has 0 aliphatic carbocycles. The van der Waals surface area contributed by atoms with E-state index in [1.165, 1.54) is 6.92 Å². The Morgan fingerprint density at radius 2 is 1.82 bits per heavy atom. The number of hydrogen-bond acceptors (Lipinski definition) is 6. The molecule has 0 saturated carbocycles. The second-order valence-corrected chi connectivity index (χ2v) is 5.91. The highest BCUT2D eigenvalue weighted by Gasteiger charge is 2.30. The molecule has 0 aromatic heterocycles. The number of aliphatic carboxylic acids is 1. The van der Waals surface area contributed by atoms with Crippen LogP contribution in [0.3, 0.4) is 0 Å². The van der Waals surface area contributed by atoms with Crippen LogP contribution in [0.4, 0.5) is 0 Å². The van der Waals surface area contributed by atoms with Gasteiger partial charge in [0.25, 0.3) is 5.91 Å². The molecule has 9 heteroatoms. The lowest BCUT2D eigenvalue weighted by Gasteiger charge is -2.23. The normalized spacial score (nSPS) is 20.4. The van der Waals surface area contributed by atoms with Crippen molar-refractivity contribution in [1.29, 1.82) is 0 Å². The summed E-state index contributed by atoms with van der Waals surface area (Å²) in [7, 11) is 0. The molecular formula is C13H22N2O7. The summed E-state index contributed by atoms with van der Waals surface area (Å²) in [4.78, 5) is 42.4. The lowest BCUT2D eigenvalue weighted by atomic mass is 9.95. The van der Waals surface area contributed by atoms with Crippen molar-refractivity contribution in [3.63, 3.8) is 0 Å². The molecule has 1 saturated heterocycles. The standard InChI is InChI=1S/C9H17NO4.C4H5NO3/c1-5(11)6(7(12)13)10-8(14)9(2,3)4;6-2-1-3(7)5-4(2)8/h5-6,11H,1-4H3,(H,10,14)(H,12,13);2,6H,1H2,(H,5,7,8). The Morgan fingerprint density at radius 1 is 1.32 bits per heavy atom. The van der Waals surface area contributed by atoms with Crippen LogP contribution in [0, 0.1) is 5.41 Å². The van der Waals surface area contributed by atoms with Gasteiger partial charge in [0.2, 0.25) is 11.8 Å². The minimum absolute atomic E-state index is 0.0845. The number of aliphatic hydroxyl groups is 2. The SMILES string of the molecule is CC(O)C(NC(=O)C(C)(C)C)C(=O)O.O=C1CC(O)C(=O)N1. The summed E-state index contributed by atoms with van der Waals surface area (Å²) in [6, 6.07) is -1.25. The summed E-state index contributed by atoms with van der Waals surface area (Å²) in [5.41, 5.74) is -0.664. The molecule has 3 amide bonds. The van der Waals surface area contributed by atoms with Gasteiger partial charge in [-0.25, -0.2) is 4.79 Å². The van der Waals surface area contributed by atoms with Gasteiger partial charge in [-0.15, -0.1) is 0 Å². The lowest BCUT2D eigenvalue weighted by Crippen LogP contribution is -2.50. The highest BCUT2D eigenvalue weighted by Crippen LogP contribution is 2.13. The van der Waals surface area contributed by atoms with Crippen LogP contribution in [-0.4, -0.2) is 57.3 Å². The summed E-state index contributed by atoms with van der Waals surface area (Å²) >= 11 is 0. The minimum atomic E-state index is -1.25. The zero-order valence-electron chi connectivity index (χ0n) is 12.9. The Labute approximate surface area is 127 Å². The summed E-state index contributed by atoms with van der Waals surface area (Å²) in [5, 5.41) is 30.5. The quantitative estimate of drug-likeness (QED) is 0.392. The maximum Gasteiger partial charge on any atom is 0.328 e. The van der Waals surface area contributed by atoms with Gasteiger partial charge in [-0.2, -0.15) is 0 Å². The molecule has 0 aromatic rings. The number of imide groups is 1. The Morgan fingerprint density at radius 3 is 2.00 bits per heavy atom. The third-order valence-electron chi connectivity index (χ3n) is 2.66. The topological polar surface area (TPSA) is 153 Å². The van der Waals surface area contributed by atoms with Gasteiger partial charge in [-0.05, 0) is 6.92 Å². The second-order valence-electron chi connectivity index (χ2n) is 5.91. The summed E-state index contributed by atoms with van der Waals surface area (Å²) in [6.07, 6.45) is -2.31. The Bertz CT molecular complexity index is 454. The number of carboxylic acid groups (broad SMARTS) is 1. The van der Waals surface area contributed by atoms with Gasteiger partial charge >= 0.3 is 5.97 Å². The summed E-state index contributed by atoms with van der Waals surface area (Å²) in [6.45, 7) is 6.33. The van der Waals surface area contributed by atoms with Crippen LogP contribution >= 0.6 is 0 Å². The van der Waals surface area contributed by atoms with E-state index in [0.29, 0.717) is 0 Å². The van der Waals surface area contributed by atoms with Crippen molar-refractivity contribution < 1.29 is 34.5 Å². The number of hydrogen-bond donors (Lipinski definition) is 5. The van der Waals surface area contributed by atoms with E-state index >= 15 is 0 Å². The first-order valence-electron chi connectivity index (χ1n) is 6.60. The second kappa shape index (κ2) is 7.85. The average Bonchev–Trinajstić information content (AvgIpc) is 2.61. The van der Waals surface area contributed by atoms with Crippen molar-refractivity contribution in [2.24, 2.45) is 5.41 Å². The van der Waals surface area contributed by atoms with Gasteiger partial charge in [-0.3, -0.25) is 19.7 Å². The van der Waals surface area contributed by atoms with Crippen LogP contribution < -0.4 is 10.6 Å². The van der Waals surface area contributed by atoms with Crippen molar-refractivity contribution in [2.45, 2.75) is 52.4 Å². The van der Waals surface area contributed by atoms with E-state index in [0.717, 1.165) is 0 Å². The Kier molecular flexibility index (Phi) is 7.14. The lowest BCUT2D eigenvalue weighted by molar-refractivity contribution is -0.146. The third kappa shape index (κ3) is 6.64. The average molecular weight is 318 g/mol. The van der Waals surface area contributed by atoms with Gasteiger partial charge in [-0.1, -0.05) is 20.8 Å². The smallest absolute Gasteiger partial charge is 0.328 e. The summed E-state index contributed by atoms with van der Waals surface area (Å²) in [5.74, 6) is -2.62. The molecule has 0 radical (unpaired) electrons. The van der Waals surface area contributed by atoms with Crippen LogP contribution in [0.1, 0.15) is 34.1 Å². The molecule has 3 atom stereocenters. The molecule has 1 aliphatic heterocycles. The van der Waals surface area contributed by atoms with Gasteiger partial charge in [0.1, 0.15) is 6.10 Å². The van der Waals surface area contributed by atoms with E-state index in [1.54, 1.807) is 20.8 Å². The van der Waals surface area contributed by atoms with Gasteiger partial charge < -0.3 is 20.6 Å². The largest absolute Gasteiger partial charge is 0.480 e. The van der Waals surface area contributed by atoms with E-state index in [9.17, 15) is 19.2 Å². The Balaban J connectivity index is 0.000000461. The molecule has 5 N–H and O–H groups in total. The number of carboxylic acids is 1. The van der Waals surface area contributed by atoms with Crippen LogP contribution in [0.25, 0.3) is 0 Å². The Hall–Kier alpha value is -2.00. The highest BCUT2D eigenvalue weighted by atomic mass is 16.4. The number of carbonyl (C=O) groups is 4. The molecule has 22 heavy (non-hydrogen) atoms. The van der Waals surface area contributed by atoms with Crippen molar-refractivity contribution in [1.82, 2.24) is 10.6 Å². The molecule has 1 aliphatic rings. The van der Waals surface area contributed by atoms with Gasteiger partial charge in [0, 0.05) is 5.41 Å².